The molecule has 2 saturated heterocycles. The molecule has 1 aromatic heterocycles. The molecule has 10 heteroatoms. The second kappa shape index (κ2) is 10.7. The Hall–Kier alpha value is -2.88. The Morgan fingerprint density at radius 1 is 1.18 bits per heavy atom. The van der Waals surface area contributed by atoms with E-state index in [4.69, 9.17) is 14.9 Å². The van der Waals surface area contributed by atoms with Crippen LogP contribution in [0.15, 0.2) is 30.7 Å². The number of carboxylic acids is 1. The molecule has 1 spiro atoms. The minimum Gasteiger partial charge on any atom is -0.475 e. The highest BCUT2D eigenvalue weighted by molar-refractivity contribution is 5.87. The fraction of sp³-hybridized carbons (Fsp3) is 0.607. The molecule has 0 radical (unpaired) electrons. The molecule has 1 aromatic carbocycles. The van der Waals surface area contributed by atoms with E-state index in [1.807, 2.05) is 6.33 Å². The molecule has 2 aromatic rings. The third-order valence-electron chi connectivity index (χ3n) is 7.83. The van der Waals surface area contributed by atoms with Crippen LogP contribution in [0.5, 0.6) is 0 Å². The van der Waals surface area contributed by atoms with Gasteiger partial charge in [0.05, 0.1) is 17.4 Å². The number of carboxylic acid groups (broad SMARTS) is 1. The van der Waals surface area contributed by atoms with Crippen molar-refractivity contribution < 1.29 is 27.9 Å². The van der Waals surface area contributed by atoms with Gasteiger partial charge in [0.15, 0.2) is 0 Å². The van der Waals surface area contributed by atoms with E-state index < -0.39 is 12.1 Å². The van der Waals surface area contributed by atoms with Crippen molar-refractivity contribution in [3.63, 3.8) is 0 Å². The predicted octanol–water partition coefficient (Wildman–Crippen LogP) is 4.94. The van der Waals surface area contributed by atoms with Crippen LogP contribution in [0, 0.1) is 25.2 Å². The van der Waals surface area contributed by atoms with Crippen molar-refractivity contribution in [3.05, 3.63) is 53.1 Å². The molecular formula is C28H37F3N4O3. The fourth-order valence-electron chi connectivity index (χ4n) is 5.85. The highest BCUT2D eigenvalue weighted by Crippen LogP contribution is 2.50. The first-order valence-electron chi connectivity index (χ1n) is 13.2. The van der Waals surface area contributed by atoms with Crippen molar-refractivity contribution in [2.75, 3.05) is 26.2 Å². The zero-order valence-electron chi connectivity index (χ0n) is 22.5. The van der Waals surface area contributed by atoms with Gasteiger partial charge in [-0.2, -0.15) is 13.2 Å². The van der Waals surface area contributed by atoms with E-state index in [1.54, 1.807) is 0 Å². The lowest BCUT2D eigenvalue weighted by Gasteiger charge is -2.28. The number of rotatable bonds is 6. The summed E-state index contributed by atoms with van der Waals surface area (Å²) in [5.74, 6) is -1.46. The number of aliphatic carboxylic acids is 1. The Labute approximate surface area is 221 Å². The molecule has 1 saturated carbocycles. The third-order valence-corrected chi connectivity index (χ3v) is 7.83. The van der Waals surface area contributed by atoms with Crippen LogP contribution in [-0.4, -0.2) is 68.7 Å². The third kappa shape index (κ3) is 6.22. The summed E-state index contributed by atoms with van der Waals surface area (Å²) in [4.78, 5) is 32.2. The molecule has 38 heavy (non-hydrogen) atoms. The van der Waals surface area contributed by atoms with Crippen LogP contribution in [0.3, 0.4) is 0 Å². The van der Waals surface area contributed by atoms with Gasteiger partial charge in [0, 0.05) is 50.9 Å². The highest BCUT2D eigenvalue weighted by atomic mass is 19.4. The molecule has 2 atom stereocenters. The fourth-order valence-corrected chi connectivity index (χ4v) is 5.85. The number of halogens is 3. The Kier molecular flexibility index (Phi) is 7.93. The van der Waals surface area contributed by atoms with Gasteiger partial charge in [-0.05, 0) is 58.4 Å². The largest absolute Gasteiger partial charge is 0.490 e. The quantitative estimate of drug-likeness (QED) is 0.568. The second-order valence-corrected chi connectivity index (χ2v) is 11.5. The van der Waals surface area contributed by atoms with E-state index in [1.165, 1.54) is 29.5 Å². The average Bonchev–Trinajstić information content (AvgIpc) is 3.22. The van der Waals surface area contributed by atoms with E-state index in [9.17, 15) is 18.0 Å². The van der Waals surface area contributed by atoms with Gasteiger partial charge in [-0.1, -0.05) is 29.3 Å². The van der Waals surface area contributed by atoms with Crippen LogP contribution in [0.1, 0.15) is 67.5 Å². The van der Waals surface area contributed by atoms with Crippen molar-refractivity contribution in [2.24, 2.45) is 11.3 Å². The zero-order chi connectivity index (χ0) is 27.8. The number of imidazole rings is 1. The number of aromatic nitrogens is 2. The van der Waals surface area contributed by atoms with Crippen LogP contribution in [0.4, 0.5) is 13.2 Å². The number of hydrogen-bond donors (Lipinski definition) is 1. The maximum Gasteiger partial charge on any atom is 0.490 e. The van der Waals surface area contributed by atoms with Crippen molar-refractivity contribution in [1.29, 1.82) is 0 Å². The van der Waals surface area contributed by atoms with E-state index in [0.29, 0.717) is 11.9 Å². The lowest BCUT2D eigenvalue weighted by Crippen LogP contribution is -2.40. The van der Waals surface area contributed by atoms with Gasteiger partial charge in [0.1, 0.15) is 0 Å². The molecule has 1 amide bonds. The second-order valence-electron chi connectivity index (χ2n) is 11.5. The SMILES string of the molecule is Cc1cc(C)cc(CN2CC(c3cn(C(C)C)cn3)C3(CCN(CC4CC4)C3=O)C2)c1.O=C(O)C(F)(F)F. The van der Waals surface area contributed by atoms with Crippen molar-refractivity contribution in [2.45, 2.75) is 71.6 Å². The summed E-state index contributed by atoms with van der Waals surface area (Å²) in [5, 5.41) is 7.12. The smallest absolute Gasteiger partial charge is 0.475 e. The number of carbonyl (C=O) groups is 2. The summed E-state index contributed by atoms with van der Waals surface area (Å²) in [7, 11) is 0. The Morgan fingerprint density at radius 2 is 1.82 bits per heavy atom. The lowest BCUT2D eigenvalue weighted by molar-refractivity contribution is -0.192. The molecule has 1 aliphatic carbocycles. The lowest BCUT2D eigenvalue weighted by atomic mass is 9.75. The van der Waals surface area contributed by atoms with E-state index in [2.05, 4.69) is 66.5 Å². The highest BCUT2D eigenvalue weighted by Gasteiger charge is 2.58. The molecular weight excluding hydrogens is 497 g/mol. The average molecular weight is 535 g/mol. The molecule has 2 aliphatic heterocycles. The van der Waals surface area contributed by atoms with Crippen LogP contribution in [-0.2, 0) is 16.1 Å². The molecule has 3 heterocycles. The summed E-state index contributed by atoms with van der Waals surface area (Å²) >= 11 is 0. The number of nitrogens with zero attached hydrogens (tertiary/aromatic N) is 4. The molecule has 3 aliphatic rings. The van der Waals surface area contributed by atoms with Crippen molar-refractivity contribution in [3.8, 4) is 0 Å². The monoisotopic (exact) mass is 534 g/mol. The molecule has 0 bridgehead atoms. The molecule has 1 N–H and O–H groups in total. The normalized spacial score (nSPS) is 23.8. The maximum absolute atomic E-state index is 13.8. The van der Waals surface area contributed by atoms with Gasteiger partial charge in [-0.25, -0.2) is 9.78 Å². The first-order chi connectivity index (χ1) is 17.8. The summed E-state index contributed by atoms with van der Waals surface area (Å²) in [5.41, 5.74) is 4.75. The predicted molar refractivity (Wildman–Crippen MR) is 137 cm³/mol. The first kappa shape index (κ1) is 28.1. The first-order valence-corrected chi connectivity index (χ1v) is 13.2. The van der Waals surface area contributed by atoms with Gasteiger partial charge < -0.3 is 14.6 Å². The van der Waals surface area contributed by atoms with Crippen molar-refractivity contribution in [1.82, 2.24) is 19.4 Å². The van der Waals surface area contributed by atoms with E-state index in [-0.39, 0.29) is 11.3 Å². The summed E-state index contributed by atoms with van der Waals surface area (Å²) in [6.45, 7) is 13.2. The zero-order valence-corrected chi connectivity index (χ0v) is 22.5. The number of alkyl halides is 3. The number of carbonyl (C=O) groups excluding carboxylic acids is 1. The van der Waals surface area contributed by atoms with E-state index in [0.717, 1.165) is 50.8 Å². The van der Waals surface area contributed by atoms with Gasteiger partial charge in [-0.15, -0.1) is 0 Å². The number of hydrogen-bond acceptors (Lipinski definition) is 4. The summed E-state index contributed by atoms with van der Waals surface area (Å²) < 4.78 is 33.9. The molecule has 2 unspecified atom stereocenters. The van der Waals surface area contributed by atoms with Crippen LogP contribution in [0.2, 0.25) is 0 Å². The maximum atomic E-state index is 13.8. The Balaban J connectivity index is 0.000000426. The van der Waals surface area contributed by atoms with Crippen LogP contribution in [0.25, 0.3) is 0 Å². The van der Waals surface area contributed by atoms with Gasteiger partial charge in [0.2, 0.25) is 5.91 Å². The topological polar surface area (TPSA) is 78.7 Å². The number of amides is 1. The van der Waals surface area contributed by atoms with Crippen LogP contribution < -0.4 is 0 Å². The van der Waals surface area contributed by atoms with Crippen LogP contribution >= 0.6 is 0 Å². The number of likely N-dealkylation sites (tertiary alicyclic amines) is 2. The minimum atomic E-state index is -5.08. The van der Waals surface area contributed by atoms with Gasteiger partial charge in [0.25, 0.3) is 0 Å². The summed E-state index contributed by atoms with van der Waals surface area (Å²) in [6.07, 6.45) is 2.59. The molecule has 7 nitrogen and oxygen atoms in total. The Bertz CT molecular complexity index is 1150. The molecule has 5 rings (SSSR count). The van der Waals surface area contributed by atoms with Crippen molar-refractivity contribution >= 4 is 11.9 Å². The molecule has 3 fully saturated rings. The number of benzene rings is 1. The Morgan fingerprint density at radius 3 is 2.34 bits per heavy atom. The molecule has 208 valence electrons. The standard InChI is InChI=1S/C26H36N4O.C2HF3O2/c1-18(2)30-15-24(27-17-30)23-14-28(12-22-10-19(3)9-20(4)11-22)16-26(23)7-8-29(25(26)31)13-21-5-6-21;3-2(4,5)1(6)7/h9-11,15,17-18,21,23H,5-8,12-14,16H2,1-4H3;(H,6,7). The van der Waals surface area contributed by atoms with Gasteiger partial charge >= 0.3 is 12.1 Å². The minimum absolute atomic E-state index is 0.176. The van der Waals surface area contributed by atoms with E-state index >= 15 is 0 Å². The number of aryl methyl sites for hydroxylation is 2. The van der Waals surface area contributed by atoms with Gasteiger partial charge in [-0.3, -0.25) is 9.69 Å². The summed E-state index contributed by atoms with van der Waals surface area (Å²) in [6, 6.07) is 7.19.